The summed E-state index contributed by atoms with van der Waals surface area (Å²) < 4.78 is 1.47. The molecule has 0 unspecified atom stereocenters. The summed E-state index contributed by atoms with van der Waals surface area (Å²) in [5.74, 6) is -0.349. The summed E-state index contributed by atoms with van der Waals surface area (Å²) in [6.45, 7) is 2.35. The Kier molecular flexibility index (Phi) is 3.98. The van der Waals surface area contributed by atoms with Crippen molar-refractivity contribution in [1.82, 2.24) is 4.57 Å². The van der Waals surface area contributed by atoms with Crippen LogP contribution in [0.2, 0.25) is 0 Å². The van der Waals surface area contributed by atoms with Gasteiger partial charge in [0.25, 0.3) is 11.5 Å². The van der Waals surface area contributed by atoms with Crippen molar-refractivity contribution in [3.8, 4) is 0 Å². The summed E-state index contributed by atoms with van der Waals surface area (Å²) >= 11 is 0. The molecule has 114 valence electrons. The van der Waals surface area contributed by atoms with Crippen LogP contribution in [-0.2, 0) is 7.05 Å². The van der Waals surface area contributed by atoms with Crippen molar-refractivity contribution in [2.24, 2.45) is 7.05 Å². The first-order valence-electron chi connectivity index (χ1n) is 7.43. The Labute approximate surface area is 134 Å². The maximum absolute atomic E-state index is 12.9. The highest BCUT2D eigenvalue weighted by Crippen LogP contribution is 2.17. The number of aromatic nitrogens is 1. The van der Waals surface area contributed by atoms with E-state index in [1.54, 1.807) is 24.1 Å². The zero-order valence-electron chi connectivity index (χ0n) is 13.0. The first-order chi connectivity index (χ1) is 11.1. The summed E-state index contributed by atoms with van der Waals surface area (Å²) in [6, 6.07) is 20.6. The Balaban J connectivity index is 2.14. The number of aryl methyl sites for hydroxylation is 1. The summed E-state index contributed by atoms with van der Waals surface area (Å²) in [4.78, 5) is 27.0. The minimum Gasteiger partial charge on any atom is -0.311 e. The Morgan fingerprint density at radius 1 is 1.17 bits per heavy atom. The average Bonchev–Trinajstić information content (AvgIpc) is 2.59. The van der Waals surface area contributed by atoms with Gasteiger partial charge in [-0.25, -0.2) is 0 Å². The number of para-hydroxylation sites is 1. The van der Waals surface area contributed by atoms with Crippen LogP contribution in [-0.4, -0.2) is 17.0 Å². The van der Waals surface area contributed by atoms with Gasteiger partial charge in [0.1, 0.15) is 5.56 Å². The fourth-order valence-electron chi connectivity index (χ4n) is 2.59. The molecule has 23 heavy (non-hydrogen) atoms. The second-order valence-electron chi connectivity index (χ2n) is 5.18. The number of fused-ring (bicyclic) bond motifs is 1. The SMILES string of the molecule is CCN(C(=O)c1[c]c2[c]cccc2n(C)c1=O)c1ccccc1. The molecule has 1 amide bonds. The van der Waals surface area contributed by atoms with E-state index in [1.165, 1.54) is 4.57 Å². The topological polar surface area (TPSA) is 42.3 Å². The average molecular weight is 304 g/mol. The second-order valence-corrected chi connectivity index (χ2v) is 5.18. The number of benzene rings is 2. The van der Waals surface area contributed by atoms with E-state index in [0.717, 1.165) is 5.69 Å². The van der Waals surface area contributed by atoms with Crippen molar-refractivity contribution in [1.29, 1.82) is 0 Å². The summed E-state index contributed by atoms with van der Waals surface area (Å²) in [7, 11) is 1.65. The molecule has 0 spiro atoms. The van der Waals surface area contributed by atoms with E-state index < -0.39 is 0 Å². The summed E-state index contributed by atoms with van der Waals surface area (Å²) in [5.41, 5.74) is 1.15. The van der Waals surface area contributed by atoms with Crippen LogP contribution in [0.25, 0.3) is 10.9 Å². The molecule has 2 radical (unpaired) electrons. The third-order valence-electron chi connectivity index (χ3n) is 3.81. The van der Waals surface area contributed by atoms with Gasteiger partial charge < -0.3 is 9.47 Å². The number of pyridine rings is 1. The molecular weight excluding hydrogens is 288 g/mol. The van der Waals surface area contributed by atoms with E-state index in [0.29, 0.717) is 17.4 Å². The maximum Gasteiger partial charge on any atom is 0.264 e. The van der Waals surface area contributed by atoms with Crippen LogP contribution in [0.4, 0.5) is 5.69 Å². The van der Waals surface area contributed by atoms with E-state index in [1.807, 2.05) is 43.3 Å². The minimum atomic E-state index is -0.350. The van der Waals surface area contributed by atoms with E-state index in [2.05, 4.69) is 12.1 Å². The first kappa shape index (κ1) is 15.0. The fraction of sp³-hybridized carbons (Fsp3) is 0.158. The van der Waals surface area contributed by atoms with Gasteiger partial charge in [0.15, 0.2) is 0 Å². The predicted octanol–water partition coefficient (Wildman–Crippen LogP) is 2.81. The van der Waals surface area contributed by atoms with Crippen LogP contribution >= 0.6 is 0 Å². The van der Waals surface area contributed by atoms with Gasteiger partial charge in [-0.05, 0) is 31.2 Å². The Morgan fingerprint density at radius 2 is 1.91 bits per heavy atom. The molecule has 3 aromatic rings. The number of nitrogens with zero attached hydrogens (tertiary/aromatic N) is 2. The molecule has 0 saturated carbocycles. The van der Waals surface area contributed by atoms with Crippen molar-refractivity contribution < 1.29 is 4.79 Å². The number of hydrogen-bond acceptors (Lipinski definition) is 2. The molecule has 2 aromatic carbocycles. The zero-order valence-corrected chi connectivity index (χ0v) is 13.0. The molecule has 3 rings (SSSR count). The molecule has 0 bridgehead atoms. The minimum absolute atomic E-state index is 0.0353. The molecule has 0 aliphatic carbocycles. The lowest BCUT2D eigenvalue weighted by molar-refractivity contribution is 0.0986. The molecular formula is C19H16N2O2. The molecule has 4 nitrogen and oxygen atoms in total. The van der Waals surface area contributed by atoms with E-state index in [9.17, 15) is 9.59 Å². The van der Waals surface area contributed by atoms with Crippen molar-refractivity contribution in [3.63, 3.8) is 0 Å². The van der Waals surface area contributed by atoms with Crippen LogP contribution in [0.3, 0.4) is 0 Å². The number of amides is 1. The molecule has 1 heterocycles. The number of anilines is 1. The molecule has 4 heteroatoms. The monoisotopic (exact) mass is 304 g/mol. The Hall–Kier alpha value is -2.88. The van der Waals surface area contributed by atoms with Gasteiger partial charge >= 0.3 is 0 Å². The Morgan fingerprint density at radius 3 is 2.61 bits per heavy atom. The number of carbonyl (C=O) groups excluding carboxylic acids is 1. The van der Waals surface area contributed by atoms with Crippen molar-refractivity contribution in [2.75, 3.05) is 11.4 Å². The standard InChI is InChI=1S/C19H16N2O2/c1-3-21(15-10-5-4-6-11-15)19(23)16-13-14-9-7-8-12-17(14)20(2)18(16)22/h4-8,10-12H,3H2,1-2H3. The van der Waals surface area contributed by atoms with Crippen LogP contribution in [0, 0.1) is 12.1 Å². The summed E-state index contributed by atoms with van der Waals surface area (Å²) in [5, 5.41) is 0.627. The zero-order chi connectivity index (χ0) is 16.4. The maximum atomic E-state index is 12.9. The molecule has 0 saturated heterocycles. The van der Waals surface area contributed by atoms with Gasteiger partial charge in [0.2, 0.25) is 0 Å². The van der Waals surface area contributed by atoms with Crippen molar-refractivity contribution in [2.45, 2.75) is 6.92 Å². The smallest absolute Gasteiger partial charge is 0.264 e. The molecule has 0 N–H and O–H groups in total. The van der Waals surface area contributed by atoms with Gasteiger partial charge in [-0.1, -0.05) is 30.3 Å². The largest absolute Gasteiger partial charge is 0.311 e. The van der Waals surface area contributed by atoms with Gasteiger partial charge in [-0.2, -0.15) is 0 Å². The quantitative estimate of drug-likeness (QED) is 0.746. The molecule has 1 aromatic heterocycles. The van der Waals surface area contributed by atoms with Crippen LogP contribution in [0.5, 0.6) is 0 Å². The first-order valence-corrected chi connectivity index (χ1v) is 7.43. The number of rotatable bonds is 3. The van der Waals surface area contributed by atoms with Crippen molar-refractivity contribution in [3.05, 3.63) is 76.6 Å². The van der Waals surface area contributed by atoms with E-state index in [4.69, 9.17) is 0 Å². The third-order valence-corrected chi connectivity index (χ3v) is 3.81. The van der Waals surface area contributed by atoms with Crippen LogP contribution in [0.15, 0.2) is 53.3 Å². The number of carbonyl (C=O) groups is 1. The van der Waals surface area contributed by atoms with E-state index >= 15 is 0 Å². The van der Waals surface area contributed by atoms with Gasteiger partial charge in [-0.15, -0.1) is 0 Å². The highest BCUT2D eigenvalue weighted by atomic mass is 16.2. The molecule has 0 aliphatic heterocycles. The fourth-order valence-corrected chi connectivity index (χ4v) is 2.59. The lowest BCUT2D eigenvalue weighted by atomic mass is 10.1. The normalized spacial score (nSPS) is 10.7. The van der Waals surface area contributed by atoms with Gasteiger partial charge in [0.05, 0.1) is 5.52 Å². The highest BCUT2D eigenvalue weighted by molar-refractivity contribution is 6.07. The molecule has 0 fully saturated rings. The number of hydrogen-bond donors (Lipinski definition) is 0. The second kappa shape index (κ2) is 6.08. The third kappa shape index (κ3) is 2.63. The van der Waals surface area contributed by atoms with Crippen LogP contribution in [0.1, 0.15) is 17.3 Å². The lowest BCUT2D eigenvalue weighted by Gasteiger charge is -2.21. The summed E-state index contributed by atoms with van der Waals surface area (Å²) in [6.07, 6.45) is 0. The predicted molar refractivity (Wildman–Crippen MR) is 90.7 cm³/mol. The van der Waals surface area contributed by atoms with Crippen molar-refractivity contribution >= 4 is 22.5 Å². The lowest BCUT2D eigenvalue weighted by Crippen LogP contribution is -2.36. The van der Waals surface area contributed by atoms with E-state index in [-0.39, 0.29) is 17.0 Å². The van der Waals surface area contributed by atoms with Crippen LogP contribution < -0.4 is 10.5 Å². The van der Waals surface area contributed by atoms with Gasteiger partial charge in [-0.3, -0.25) is 9.59 Å². The van der Waals surface area contributed by atoms with Gasteiger partial charge in [0, 0.05) is 30.7 Å². The molecule has 0 aliphatic rings. The molecule has 0 atom stereocenters. The highest BCUT2D eigenvalue weighted by Gasteiger charge is 2.21. The Bertz CT molecular complexity index is 914.